The van der Waals surface area contributed by atoms with Crippen molar-refractivity contribution >= 4 is 53.0 Å². The second kappa shape index (κ2) is 23.7. The van der Waals surface area contributed by atoms with Crippen molar-refractivity contribution in [2.45, 2.75) is 80.4 Å². The fourth-order valence-corrected chi connectivity index (χ4v) is 5.96. The van der Waals surface area contributed by atoms with Crippen molar-refractivity contribution in [1.82, 2.24) is 19.9 Å². The lowest BCUT2D eigenvalue weighted by atomic mass is 9.90. The van der Waals surface area contributed by atoms with Crippen molar-refractivity contribution in [1.29, 1.82) is 0 Å². The molecule has 1 saturated heterocycles. The zero-order valence-corrected chi connectivity index (χ0v) is 39.0. The number of halogens is 3. The number of nitrogens with one attached hydrogen (secondary N) is 2. The van der Waals surface area contributed by atoms with Crippen LogP contribution in [-0.2, 0) is 18.8 Å². The van der Waals surface area contributed by atoms with Crippen LogP contribution in [0.3, 0.4) is 0 Å². The van der Waals surface area contributed by atoms with Crippen LogP contribution < -0.4 is 20.1 Å². The van der Waals surface area contributed by atoms with Crippen LogP contribution in [0.15, 0.2) is 59.0 Å². The molecule has 18 heteroatoms. The minimum atomic E-state index is -0.428. The topological polar surface area (TPSA) is 165 Å². The molecule has 1 aliphatic heterocycles. The molecular weight excluding hydrogens is 869 g/mol. The van der Waals surface area contributed by atoms with Crippen molar-refractivity contribution < 1.29 is 46.6 Å². The van der Waals surface area contributed by atoms with E-state index < -0.39 is 11.9 Å². The molecule has 0 spiro atoms. The van der Waals surface area contributed by atoms with Gasteiger partial charge in [0.1, 0.15) is 34.3 Å². The number of aryl methyl sites for hydroxylation is 4. The standard InChI is InChI=1S/C19H22FN3O3.C18H28BN3O4.C7H6BrFO/c1-5-26-18(24)17-12(2)22-19(23-13(17)3)21-10-6-7-14-11-15(25-4)8-9-16(14)20;1-8-24-15(23)14-12(2)21-16(22-13(14)3)20-11-9-10-19-25-17(4,5)18(6,7)26-19;1-10-5-2-3-7(9)6(8)4-5/h6-9,11H,5,10H2,1-4H3,(H,21,22,23);9-10H,8,11H2,1-7H3,(H,20,21,22);2-4H,1H3/b7-6+;10-9+;. The van der Waals surface area contributed by atoms with Crippen molar-refractivity contribution in [3.8, 4) is 11.5 Å². The van der Waals surface area contributed by atoms with Gasteiger partial charge in [0.25, 0.3) is 0 Å². The van der Waals surface area contributed by atoms with E-state index in [1.807, 2.05) is 39.7 Å². The minimum Gasteiger partial charge on any atom is -0.497 e. The second-order valence-corrected chi connectivity index (χ2v) is 15.4. The molecule has 5 rings (SSSR count). The molecule has 0 atom stereocenters. The van der Waals surface area contributed by atoms with Crippen LogP contribution >= 0.6 is 15.9 Å². The van der Waals surface area contributed by atoms with Crippen LogP contribution in [0.4, 0.5) is 20.7 Å². The van der Waals surface area contributed by atoms with Gasteiger partial charge in [-0.3, -0.25) is 0 Å². The van der Waals surface area contributed by atoms with E-state index in [-0.39, 0.29) is 30.0 Å². The molecule has 2 N–H and O–H groups in total. The Hall–Kier alpha value is -5.46. The van der Waals surface area contributed by atoms with Crippen molar-refractivity contribution in [2.24, 2.45) is 0 Å². The molecule has 2 aromatic carbocycles. The Morgan fingerprint density at radius 1 is 0.710 bits per heavy atom. The van der Waals surface area contributed by atoms with E-state index in [1.54, 1.807) is 85.1 Å². The molecule has 4 aromatic rings. The first-order valence-electron chi connectivity index (χ1n) is 19.8. The maximum absolute atomic E-state index is 13.7. The fourth-order valence-electron chi connectivity index (χ4n) is 5.60. The van der Waals surface area contributed by atoms with Crippen LogP contribution in [0.2, 0.25) is 0 Å². The number of rotatable bonds is 14. The number of hydrogen-bond donors (Lipinski definition) is 2. The second-order valence-electron chi connectivity index (χ2n) is 14.5. The Kier molecular flexibility index (Phi) is 19.4. The zero-order valence-electron chi connectivity index (χ0n) is 37.4. The number of hydrogen-bond acceptors (Lipinski definition) is 14. The van der Waals surface area contributed by atoms with Crippen molar-refractivity contribution in [3.63, 3.8) is 0 Å². The molecule has 0 unspecified atom stereocenters. The molecule has 14 nitrogen and oxygen atoms in total. The summed E-state index contributed by atoms with van der Waals surface area (Å²) in [6, 6.07) is 9.04. The van der Waals surface area contributed by atoms with Gasteiger partial charge in [0.05, 0.1) is 65.9 Å². The third-order valence-corrected chi connectivity index (χ3v) is 10.1. The first-order chi connectivity index (χ1) is 29.3. The van der Waals surface area contributed by atoms with Gasteiger partial charge in [0, 0.05) is 18.7 Å². The highest BCUT2D eigenvalue weighted by atomic mass is 79.9. The van der Waals surface area contributed by atoms with Crippen LogP contribution in [-0.4, -0.2) is 90.7 Å². The highest BCUT2D eigenvalue weighted by Crippen LogP contribution is 2.37. The average Bonchev–Trinajstić information content (AvgIpc) is 3.41. The quantitative estimate of drug-likeness (QED) is 0.0909. The minimum absolute atomic E-state index is 0.277. The monoisotopic (exact) mass is 924 g/mol. The Labute approximate surface area is 371 Å². The molecule has 0 radical (unpaired) electrons. The number of anilines is 2. The third kappa shape index (κ3) is 14.6. The van der Waals surface area contributed by atoms with Crippen molar-refractivity contribution in [2.75, 3.05) is 51.2 Å². The molecule has 334 valence electrons. The number of nitrogens with zero attached hydrogens (tertiary/aromatic N) is 4. The zero-order chi connectivity index (χ0) is 46.2. The molecule has 1 aliphatic rings. The van der Waals surface area contributed by atoms with Gasteiger partial charge in [-0.05, 0) is 122 Å². The summed E-state index contributed by atoms with van der Waals surface area (Å²) in [6.45, 7) is 20.1. The molecule has 0 bridgehead atoms. The first-order valence-corrected chi connectivity index (χ1v) is 20.6. The summed E-state index contributed by atoms with van der Waals surface area (Å²) < 4.78 is 58.5. The molecule has 0 saturated carbocycles. The number of methoxy groups -OCH3 is 2. The van der Waals surface area contributed by atoms with Gasteiger partial charge in [-0.1, -0.05) is 24.2 Å². The van der Waals surface area contributed by atoms with E-state index in [4.69, 9.17) is 28.3 Å². The predicted octanol–water partition coefficient (Wildman–Crippen LogP) is 9.01. The van der Waals surface area contributed by atoms with Crippen LogP contribution in [0.5, 0.6) is 11.5 Å². The van der Waals surface area contributed by atoms with Gasteiger partial charge in [0.2, 0.25) is 11.9 Å². The van der Waals surface area contributed by atoms with E-state index in [9.17, 15) is 18.4 Å². The highest BCUT2D eigenvalue weighted by molar-refractivity contribution is 9.10. The number of aromatic nitrogens is 4. The Morgan fingerprint density at radius 3 is 1.55 bits per heavy atom. The average molecular weight is 926 g/mol. The Morgan fingerprint density at radius 2 is 1.13 bits per heavy atom. The largest absolute Gasteiger partial charge is 0.497 e. The third-order valence-electron chi connectivity index (χ3n) is 9.45. The normalized spacial score (nSPS) is 13.8. The Bertz CT molecular complexity index is 2160. The van der Waals surface area contributed by atoms with Gasteiger partial charge in [-0.2, -0.15) is 0 Å². The molecule has 62 heavy (non-hydrogen) atoms. The maximum atomic E-state index is 13.7. The van der Waals surface area contributed by atoms with E-state index in [0.29, 0.717) is 93.6 Å². The molecule has 1 fully saturated rings. The van der Waals surface area contributed by atoms with Gasteiger partial charge in [-0.25, -0.2) is 38.3 Å². The summed E-state index contributed by atoms with van der Waals surface area (Å²) in [6.07, 6.45) is 5.32. The van der Waals surface area contributed by atoms with E-state index >= 15 is 0 Å². The number of ether oxygens (including phenoxy) is 4. The van der Waals surface area contributed by atoms with Crippen LogP contribution in [0, 0.1) is 39.3 Å². The lowest BCUT2D eigenvalue weighted by molar-refractivity contribution is 0.00578. The van der Waals surface area contributed by atoms with Crippen LogP contribution in [0.1, 0.15) is 90.6 Å². The van der Waals surface area contributed by atoms with Gasteiger partial charge >= 0.3 is 19.1 Å². The molecule has 3 heterocycles. The number of esters is 2. The SMILES string of the molecule is CCOC(=O)c1c(C)nc(NC/C=C/B2OC(C)(C)C(C)(C)O2)nc1C.CCOC(=O)c1c(C)nc(NC/C=C/c2cc(OC)ccc2F)nc1C.COc1ccc(F)c(Br)c1. The summed E-state index contributed by atoms with van der Waals surface area (Å²) in [4.78, 5) is 41.1. The number of carbonyl (C=O) groups excluding carboxylic acids is 2. The smallest absolute Gasteiger partial charge is 0.486 e. The predicted molar refractivity (Wildman–Crippen MR) is 240 cm³/mol. The summed E-state index contributed by atoms with van der Waals surface area (Å²) in [7, 11) is 2.70. The van der Waals surface area contributed by atoms with Gasteiger partial charge < -0.3 is 38.9 Å². The van der Waals surface area contributed by atoms with Crippen molar-refractivity contribution in [3.05, 3.63) is 110 Å². The summed E-state index contributed by atoms with van der Waals surface area (Å²) >= 11 is 3.03. The maximum Gasteiger partial charge on any atom is 0.486 e. The number of carbonyl (C=O) groups is 2. The fraction of sp³-hybridized carbons (Fsp3) is 0.409. The summed E-state index contributed by atoms with van der Waals surface area (Å²) in [5.74, 6) is 2.53. The molecular formula is C44H56BBrF2N6O8. The highest BCUT2D eigenvalue weighted by Gasteiger charge is 2.50. The molecule has 0 aliphatic carbocycles. The first kappa shape index (κ1) is 50.9. The Balaban J connectivity index is 0.000000271. The number of benzene rings is 2. The van der Waals surface area contributed by atoms with E-state index in [1.165, 1.54) is 19.2 Å². The summed E-state index contributed by atoms with van der Waals surface area (Å²) in [5.41, 5.74) is 2.80. The lowest BCUT2D eigenvalue weighted by Crippen LogP contribution is -2.41. The van der Waals surface area contributed by atoms with Crippen LogP contribution in [0.25, 0.3) is 6.08 Å². The van der Waals surface area contributed by atoms with Gasteiger partial charge in [0.15, 0.2) is 0 Å². The molecule has 2 aromatic heterocycles. The molecule has 0 amide bonds. The van der Waals surface area contributed by atoms with Gasteiger partial charge in [-0.15, -0.1) is 0 Å². The van der Waals surface area contributed by atoms with E-state index in [2.05, 4.69) is 46.5 Å². The lowest BCUT2D eigenvalue weighted by Gasteiger charge is -2.32. The van der Waals surface area contributed by atoms with E-state index in [0.717, 1.165) is 0 Å². The summed E-state index contributed by atoms with van der Waals surface area (Å²) in [5, 5.41) is 6.15.